The van der Waals surface area contributed by atoms with E-state index in [0.29, 0.717) is 23.4 Å². The van der Waals surface area contributed by atoms with Crippen molar-refractivity contribution < 1.29 is 12.8 Å². The van der Waals surface area contributed by atoms with Crippen molar-refractivity contribution in [1.29, 1.82) is 0 Å². The lowest BCUT2D eigenvalue weighted by atomic mass is 10.1. The summed E-state index contributed by atoms with van der Waals surface area (Å²) in [7, 11) is -0.356. The highest BCUT2D eigenvalue weighted by Gasteiger charge is 2.26. The van der Waals surface area contributed by atoms with E-state index < -0.39 is 10.0 Å². The first kappa shape index (κ1) is 18.4. The summed E-state index contributed by atoms with van der Waals surface area (Å²) >= 11 is 1.59. The largest absolute Gasteiger partial charge is 0.316 e. The molecule has 0 radical (unpaired) electrons. The molecule has 0 aliphatic rings. The average Bonchev–Trinajstić information content (AvgIpc) is 2.43. The number of aryl methyl sites for hydroxylation is 1. The Morgan fingerprint density at radius 2 is 2.05 bits per heavy atom. The van der Waals surface area contributed by atoms with Crippen LogP contribution in [-0.2, 0) is 16.6 Å². The van der Waals surface area contributed by atoms with Crippen LogP contribution in [0, 0.1) is 12.7 Å². The number of hydrogen-bond donors (Lipinski definition) is 1. The molecule has 0 aromatic heterocycles. The SMILES string of the molecule is CNCc1cc(S(=O)(=O)N(C)C(C)CSC)cc(C)c1F. The van der Waals surface area contributed by atoms with E-state index in [2.05, 4.69) is 5.32 Å². The molecule has 7 heteroatoms. The molecular formula is C14H23FN2O2S2. The van der Waals surface area contributed by atoms with Gasteiger partial charge in [0, 0.05) is 31.0 Å². The first-order valence-corrected chi connectivity index (χ1v) is 9.49. The van der Waals surface area contributed by atoms with Gasteiger partial charge in [-0.15, -0.1) is 0 Å². The van der Waals surface area contributed by atoms with Gasteiger partial charge in [0.1, 0.15) is 5.82 Å². The highest BCUT2D eigenvalue weighted by molar-refractivity contribution is 7.98. The van der Waals surface area contributed by atoms with E-state index in [4.69, 9.17) is 0 Å². The van der Waals surface area contributed by atoms with E-state index in [1.165, 1.54) is 16.4 Å². The van der Waals surface area contributed by atoms with Crippen molar-refractivity contribution in [3.05, 3.63) is 29.1 Å². The lowest BCUT2D eigenvalue weighted by molar-refractivity contribution is 0.415. The van der Waals surface area contributed by atoms with E-state index in [9.17, 15) is 12.8 Å². The molecule has 0 saturated heterocycles. The standard InChI is InChI=1S/C14H23FN2O2S2/c1-10-6-13(7-12(8-16-3)14(10)15)21(18,19)17(4)11(2)9-20-5/h6-7,11,16H,8-9H2,1-5H3. The Labute approximate surface area is 131 Å². The number of thioether (sulfide) groups is 1. The molecule has 0 amide bonds. The van der Waals surface area contributed by atoms with Crippen LogP contribution in [0.5, 0.6) is 0 Å². The predicted octanol–water partition coefficient (Wildman–Crippen LogP) is 2.23. The van der Waals surface area contributed by atoms with E-state index in [0.717, 1.165) is 0 Å². The number of benzene rings is 1. The topological polar surface area (TPSA) is 49.4 Å². The normalized spacial score (nSPS) is 13.7. The van der Waals surface area contributed by atoms with Crippen molar-refractivity contribution in [3.63, 3.8) is 0 Å². The smallest absolute Gasteiger partial charge is 0.243 e. The zero-order valence-corrected chi connectivity index (χ0v) is 14.7. The summed E-state index contributed by atoms with van der Waals surface area (Å²) in [6, 6.07) is 2.69. The monoisotopic (exact) mass is 334 g/mol. The van der Waals surface area contributed by atoms with Crippen LogP contribution in [0.2, 0.25) is 0 Å². The van der Waals surface area contributed by atoms with E-state index in [1.807, 2.05) is 13.2 Å². The van der Waals surface area contributed by atoms with Crippen LogP contribution in [0.1, 0.15) is 18.1 Å². The minimum atomic E-state index is -3.61. The Morgan fingerprint density at radius 3 is 2.57 bits per heavy atom. The molecule has 0 bridgehead atoms. The van der Waals surface area contributed by atoms with Crippen LogP contribution in [0.3, 0.4) is 0 Å². The van der Waals surface area contributed by atoms with Crippen LogP contribution in [0.15, 0.2) is 17.0 Å². The summed E-state index contributed by atoms with van der Waals surface area (Å²) in [6.45, 7) is 3.73. The Bertz CT molecular complexity index is 591. The van der Waals surface area contributed by atoms with E-state index in [1.54, 1.807) is 32.8 Å². The molecule has 1 rings (SSSR count). The second-order valence-corrected chi connectivity index (χ2v) is 7.98. The molecule has 1 aromatic rings. The van der Waals surface area contributed by atoms with Gasteiger partial charge in [-0.3, -0.25) is 0 Å². The molecule has 120 valence electrons. The highest BCUT2D eigenvalue weighted by Crippen LogP contribution is 2.23. The van der Waals surface area contributed by atoms with Crippen molar-refractivity contribution in [2.75, 3.05) is 26.1 Å². The lowest BCUT2D eigenvalue weighted by Gasteiger charge is -2.24. The van der Waals surface area contributed by atoms with Crippen LogP contribution in [0.4, 0.5) is 4.39 Å². The van der Waals surface area contributed by atoms with Crippen LogP contribution in [-0.4, -0.2) is 44.9 Å². The first-order chi connectivity index (χ1) is 9.75. The fourth-order valence-corrected chi connectivity index (χ4v) is 4.32. The average molecular weight is 334 g/mol. The second-order valence-electron chi connectivity index (χ2n) is 5.07. The molecule has 1 atom stereocenters. The Kier molecular flexibility index (Phi) is 6.65. The summed E-state index contributed by atoms with van der Waals surface area (Å²) in [5.74, 6) is 0.349. The molecule has 0 spiro atoms. The highest BCUT2D eigenvalue weighted by atomic mass is 32.2. The molecule has 1 N–H and O–H groups in total. The molecule has 0 aliphatic carbocycles. The summed E-state index contributed by atoms with van der Waals surface area (Å²) < 4.78 is 40.6. The molecule has 0 heterocycles. The summed E-state index contributed by atoms with van der Waals surface area (Å²) in [4.78, 5) is 0.141. The van der Waals surface area contributed by atoms with Gasteiger partial charge in [-0.25, -0.2) is 12.8 Å². The number of sulfonamides is 1. The molecule has 4 nitrogen and oxygen atoms in total. The van der Waals surface area contributed by atoms with Gasteiger partial charge < -0.3 is 5.32 Å². The Balaban J connectivity index is 3.25. The van der Waals surface area contributed by atoms with Gasteiger partial charge in [0.05, 0.1) is 4.90 Å². The zero-order valence-electron chi connectivity index (χ0n) is 13.1. The van der Waals surface area contributed by atoms with Crippen molar-refractivity contribution in [3.8, 4) is 0 Å². The summed E-state index contributed by atoms with van der Waals surface area (Å²) in [5, 5.41) is 2.85. The third-order valence-corrected chi connectivity index (χ3v) is 6.14. The Morgan fingerprint density at radius 1 is 1.43 bits per heavy atom. The minimum Gasteiger partial charge on any atom is -0.316 e. The number of halogens is 1. The summed E-state index contributed by atoms with van der Waals surface area (Å²) in [6.07, 6.45) is 1.93. The van der Waals surface area contributed by atoms with Gasteiger partial charge in [0.25, 0.3) is 0 Å². The fourth-order valence-electron chi connectivity index (χ4n) is 2.02. The maximum Gasteiger partial charge on any atom is 0.243 e. The third kappa shape index (κ3) is 4.18. The molecule has 1 unspecified atom stereocenters. The summed E-state index contributed by atoms with van der Waals surface area (Å²) in [5.41, 5.74) is 0.703. The van der Waals surface area contributed by atoms with Crippen molar-refractivity contribution in [1.82, 2.24) is 9.62 Å². The molecule has 21 heavy (non-hydrogen) atoms. The van der Waals surface area contributed by atoms with Gasteiger partial charge in [0.15, 0.2) is 0 Å². The van der Waals surface area contributed by atoms with Crippen molar-refractivity contribution in [2.24, 2.45) is 0 Å². The molecule has 1 aromatic carbocycles. The van der Waals surface area contributed by atoms with Crippen molar-refractivity contribution >= 4 is 21.8 Å². The fraction of sp³-hybridized carbons (Fsp3) is 0.571. The van der Waals surface area contributed by atoms with Gasteiger partial charge in [-0.05, 0) is 44.8 Å². The first-order valence-electron chi connectivity index (χ1n) is 6.66. The van der Waals surface area contributed by atoms with E-state index >= 15 is 0 Å². The second kappa shape index (κ2) is 7.58. The molecule has 0 saturated carbocycles. The lowest BCUT2D eigenvalue weighted by Crippen LogP contribution is -2.36. The van der Waals surface area contributed by atoms with Gasteiger partial charge in [-0.1, -0.05) is 0 Å². The third-order valence-electron chi connectivity index (χ3n) is 3.38. The quantitative estimate of drug-likeness (QED) is 0.831. The van der Waals surface area contributed by atoms with Gasteiger partial charge in [0.2, 0.25) is 10.0 Å². The predicted molar refractivity (Wildman–Crippen MR) is 86.7 cm³/mol. The number of rotatable bonds is 7. The van der Waals surface area contributed by atoms with Gasteiger partial charge >= 0.3 is 0 Å². The zero-order chi connectivity index (χ0) is 16.2. The van der Waals surface area contributed by atoms with Gasteiger partial charge in [-0.2, -0.15) is 16.1 Å². The maximum absolute atomic E-state index is 14.0. The van der Waals surface area contributed by atoms with Crippen LogP contribution >= 0.6 is 11.8 Å². The maximum atomic E-state index is 14.0. The molecular weight excluding hydrogens is 311 g/mol. The molecule has 0 aliphatic heterocycles. The van der Waals surface area contributed by atoms with Crippen LogP contribution in [0.25, 0.3) is 0 Å². The Hall–Kier alpha value is -0.630. The minimum absolute atomic E-state index is 0.122. The van der Waals surface area contributed by atoms with Crippen molar-refractivity contribution in [2.45, 2.75) is 31.3 Å². The number of nitrogens with zero attached hydrogens (tertiary/aromatic N) is 1. The van der Waals surface area contributed by atoms with E-state index in [-0.39, 0.29) is 16.8 Å². The number of hydrogen-bond acceptors (Lipinski definition) is 4. The number of nitrogens with one attached hydrogen (secondary N) is 1. The molecule has 0 fully saturated rings. The van der Waals surface area contributed by atoms with Crippen LogP contribution < -0.4 is 5.32 Å².